The third-order valence-electron chi connectivity index (χ3n) is 5.32. The Bertz CT molecular complexity index is 736. The largest absolute Gasteiger partial charge is 0.381 e. The summed E-state index contributed by atoms with van der Waals surface area (Å²) < 4.78 is 19.0. The third kappa shape index (κ3) is 5.41. The van der Waals surface area contributed by atoms with Crippen LogP contribution in [0.5, 0.6) is 0 Å². The second-order valence-electron chi connectivity index (χ2n) is 7.31. The van der Waals surface area contributed by atoms with Crippen LogP contribution in [0, 0.1) is 11.2 Å². The Hall–Kier alpha value is -1.20. The Labute approximate surface area is 170 Å². The number of aryl methyl sites for hydroxylation is 1. The Morgan fingerprint density at radius 2 is 1.89 bits per heavy atom. The first-order valence-corrected chi connectivity index (χ1v) is 10.1. The van der Waals surface area contributed by atoms with Gasteiger partial charge in [-0.1, -0.05) is 35.3 Å². The maximum absolute atomic E-state index is 13.1. The van der Waals surface area contributed by atoms with Gasteiger partial charge < -0.3 is 4.74 Å². The fraction of sp³-hybridized carbons (Fsp3) is 0.476. The molecule has 6 heteroatoms. The van der Waals surface area contributed by atoms with Crippen molar-refractivity contribution in [3.63, 3.8) is 0 Å². The lowest BCUT2D eigenvalue weighted by molar-refractivity contribution is 0.0489. The Morgan fingerprint density at radius 3 is 2.56 bits per heavy atom. The van der Waals surface area contributed by atoms with Crippen molar-refractivity contribution < 1.29 is 9.13 Å². The molecule has 0 aliphatic carbocycles. The van der Waals surface area contributed by atoms with Gasteiger partial charge in [0.25, 0.3) is 0 Å². The van der Waals surface area contributed by atoms with Gasteiger partial charge in [-0.3, -0.25) is 9.88 Å². The van der Waals surface area contributed by atoms with Crippen molar-refractivity contribution in [1.29, 1.82) is 0 Å². The SMILES string of the molecule is CCOCC1(CCc2ccc(F)cc2)CCN(Cc2c(Cl)cncc2Cl)C1. The summed E-state index contributed by atoms with van der Waals surface area (Å²) in [5.41, 5.74) is 2.18. The van der Waals surface area contributed by atoms with E-state index in [9.17, 15) is 4.39 Å². The molecule has 1 aromatic carbocycles. The molecule has 1 aliphatic heterocycles. The van der Waals surface area contributed by atoms with Crippen molar-refractivity contribution >= 4 is 23.2 Å². The van der Waals surface area contributed by atoms with E-state index in [0.29, 0.717) is 23.2 Å². The molecule has 0 radical (unpaired) electrons. The zero-order chi connectivity index (χ0) is 19.3. The molecule has 2 heterocycles. The smallest absolute Gasteiger partial charge is 0.123 e. The van der Waals surface area contributed by atoms with Gasteiger partial charge in [-0.15, -0.1) is 0 Å². The summed E-state index contributed by atoms with van der Waals surface area (Å²) in [7, 11) is 0. The van der Waals surface area contributed by atoms with Crippen molar-refractivity contribution in [3.05, 3.63) is 63.6 Å². The molecule has 1 aromatic heterocycles. The molecule has 3 nitrogen and oxygen atoms in total. The third-order valence-corrected chi connectivity index (χ3v) is 5.97. The van der Waals surface area contributed by atoms with Crippen LogP contribution < -0.4 is 0 Å². The van der Waals surface area contributed by atoms with E-state index in [-0.39, 0.29) is 11.2 Å². The predicted octanol–water partition coefficient (Wildman–Crippen LogP) is 5.39. The van der Waals surface area contributed by atoms with Crippen LogP contribution in [0.1, 0.15) is 30.9 Å². The minimum atomic E-state index is -0.194. The van der Waals surface area contributed by atoms with Gasteiger partial charge in [-0.25, -0.2) is 4.39 Å². The molecule has 1 unspecified atom stereocenters. The highest BCUT2D eigenvalue weighted by atomic mass is 35.5. The first-order chi connectivity index (χ1) is 13.0. The normalized spacial score (nSPS) is 20.3. The molecule has 0 spiro atoms. The number of aromatic nitrogens is 1. The summed E-state index contributed by atoms with van der Waals surface area (Å²) in [5.74, 6) is -0.194. The summed E-state index contributed by atoms with van der Waals surface area (Å²) in [6.45, 7) is 6.09. The van der Waals surface area contributed by atoms with Crippen molar-refractivity contribution in [3.8, 4) is 0 Å². The number of hydrogen-bond donors (Lipinski definition) is 0. The van der Waals surface area contributed by atoms with Gasteiger partial charge in [0.05, 0.1) is 16.7 Å². The van der Waals surface area contributed by atoms with Crippen LogP contribution in [0.3, 0.4) is 0 Å². The van der Waals surface area contributed by atoms with Crippen LogP contribution in [-0.4, -0.2) is 36.2 Å². The van der Waals surface area contributed by atoms with E-state index in [1.54, 1.807) is 12.4 Å². The van der Waals surface area contributed by atoms with Crippen molar-refractivity contribution in [1.82, 2.24) is 9.88 Å². The minimum absolute atomic E-state index is 0.0936. The molecule has 0 bridgehead atoms. The average molecular weight is 411 g/mol. The Balaban J connectivity index is 1.67. The maximum atomic E-state index is 13.1. The zero-order valence-corrected chi connectivity index (χ0v) is 17.1. The summed E-state index contributed by atoms with van der Waals surface area (Å²) in [4.78, 5) is 6.41. The molecule has 2 aromatic rings. The molecule has 3 rings (SSSR count). The molecule has 1 saturated heterocycles. The monoisotopic (exact) mass is 410 g/mol. The number of nitrogens with zero attached hydrogens (tertiary/aromatic N) is 2. The van der Waals surface area contributed by atoms with Gasteiger partial charge in [-0.2, -0.15) is 0 Å². The highest BCUT2D eigenvalue weighted by Gasteiger charge is 2.38. The molecule has 27 heavy (non-hydrogen) atoms. The van der Waals surface area contributed by atoms with Crippen LogP contribution in [0.4, 0.5) is 4.39 Å². The second kappa shape index (κ2) is 9.33. The number of likely N-dealkylation sites (tertiary alicyclic amines) is 1. The minimum Gasteiger partial charge on any atom is -0.381 e. The van der Waals surface area contributed by atoms with E-state index in [4.69, 9.17) is 27.9 Å². The Morgan fingerprint density at radius 1 is 1.19 bits per heavy atom. The topological polar surface area (TPSA) is 25.4 Å². The van der Waals surface area contributed by atoms with Crippen LogP contribution in [0.15, 0.2) is 36.7 Å². The molecule has 1 fully saturated rings. The summed E-state index contributed by atoms with van der Waals surface area (Å²) in [5, 5.41) is 1.22. The van der Waals surface area contributed by atoms with Crippen LogP contribution in [-0.2, 0) is 17.7 Å². The fourth-order valence-electron chi connectivity index (χ4n) is 3.75. The summed E-state index contributed by atoms with van der Waals surface area (Å²) >= 11 is 12.6. The van der Waals surface area contributed by atoms with Gasteiger partial charge in [0.15, 0.2) is 0 Å². The van der Waals surface area contributed by atoms with Gasteiger partial charge >= 0.3 is 0 Å². The van der Waals surface area contributed by atoms with Crippen molar-refractivity contribution in [2.75, 3.05) is 26.3 Å². The van der Waals surface area contributed by atoms with E-state index < -0.39 is 0 Å². The van der Waals surface area contributed by atoms with Crippen LogP contribution >= 0.6 is 23.2 Å². The zero-order valence-electron chi connectivity index (χ0n) is 15.6. The van der Waals surface area contributed by atoms with Gasteiger partial charge in [0, 0.05) is 43.1 Å². The standard InChI is InChI=1S/C21H25Cl2FN2O/c1-2-27-15-21(8-7-16-3-5-17(24)6-4-16)9-10-26(14-21)13-18-19(22)11-25-12-20(18)23/h3-6,11-12H,2,7-10,13-15H2,1H3. The highest BCUT2D eigenvalue weighted by Crippen LogP contribution is 2.37. The van der Waals surface area contributed by atoms with E-state index in [1.165, 1.54) is 12.1 Å². The first-order valence-electron chi connectivity index (χ1n) is 9.34. The molecule has 0 saturated carbocycles. The van der Waals surface area contributed by atoms with E-state index >= 15 is 0 Å². The maximum Gasteiger partial charge on any atom is 0.123 e. The predicted molar refractivity (Wildman–Crippen MR) is 108 cm³/mol. The number of benzene rings is 1. The van der Waals surface area contributed by atoms with Crippen molar-refractivity contribution in [2.45, 2.75) is 32.7 Å². The molecular formula is C21H25Cl2FN2O. The number of ether oxygens (including phenoxy) is 1. The summed E-state index contributed by atoms with van der Waals surface area (Å²) in [6, 6.07) is 6.79. The lowest BCUT2D eigenvalue weighted by Crippen LogP contribution is -2.32. The van der Waals surface area contributed by atoms with Crippen molar-refractivity contribution in [2.24, 2.45) is 5.41 Å². The fourth-order valence-corrected chi connectivity index (χ4v) is 4.23. The Kier molecular flexibility index (Phi) is 7.10. The first kappa shape index (κ1) is 20.5. The van der Waals surface area contributed by atoms with Gasteiger partial charge in [0.1, 0.15) is 5.82 Å². The number of halogens is 3. The van der Waals surface area contributed by atoms with E-state index in [2.05, 4.69) is 9.88 Å². The molecule has 0 N–H and O–H groups in total. The number of pyridine rings is 1. The molecule has 146 valence electrons. The van der Waals surface area contributed by atoms with Crippen LogP contribution in [0.25, 0.3) is 0 Å². The quantitative estimate of drug-likeness (QED) is 0.583. The van der Waals surface area contributed by atoms with Gasteiger partial charge in [-0.05, 0) is 50.4 Å². The summed E-state index contributed by atoms with van der Waals surface area (Å²) in [6.07, 6.45) is 6.26. The molecule has 1 atom stereocenters. The van der Waals surface area contributed by atoms with Gasteiger partial charge in [0.2, 0.25) is 0 Å². The lowest BCUT2D eigenvalue weighted by Gasteiger charge is -2.29. The lowest BCUT2D eigenvalue weighted by atomic mass is 9.82. The average Bonchev–Trinajstić information content (AvgIpc) is 3.06. The number of rotatable bonds is 8. The van der Waals surface area contributed by atoms with Crippen LogP contribution in [0.2, 0.25) is 10.0 Å². The molecule has 0 amide bonds. The van der Waals surface area contributed by atoms with E-state index in [1.807, 2.05) is 19.1 Å². The van der Waals surface area contributed by atoms with E-state index in [0.717, 1.165) is 50.1 Å². The highest BCUT2D eigenvalue weighted by molar-refractivity contribution is 6.35. The molecular weight excluding hydrogens is 386 g/mol. The number of hydrogen-bond acceptors (Lipinski definition) is 3. The molecule has 1 aliphatic rings. The second-order valence-corrected chi connectivity index (χ2v) is 8.12.